The molecule has 2 aromatic rings. The van der Waals surface area contributed by atoms with Crippen LogP contribution in [0.4, 0.5) is 5.95 Å². The Morgan fingerprint density at radius 1 is 1.12 bits per heavy atom. The van der Waals surface area contributed by atoms with Gasteiger partial charge in [-0.2, -0.15) is 0 Å². The van der Waals surface area contributed by atoms with Crippen LogP contribution in [0.2, 0.25) is 0 Å². The molecule has 4 nitrogen and oxygen atoms in total. The molecule has 0 N–H and O–H groups in total. The number of hydrogen-bond acceptors (Lipinski definition) is 5. The van der Waals surface area contributed by atoms with Crippen molar-refractivity contribution in [1.82, 2.24) is 14.9 Å². The van der Waals surface area contributed by atoms with E-state index >= 15 is 0 Å². The summed E-state index contributed by atoms with van der Waals surface area (Å²) in [5, 5.41) is 2.31. The van der Waals surface area contributed by atoms with Gasteiger partial charge in [-0.3, -0.25) is 4.90 Å². The average Bonchev–Trinajstić information content (AvgIpc) is 2.65. The minimum atomic E-state index is 0.886. The zero-order valence-corrected chi connectivity index (χ0v) is 16.9. The summed E-state index contributed by atoms with van der Waals surface area (Å²) < 4.78 is 0. The highest BCUT2D eigenvalue weighted by atomic mass is 32.2. The van der Waals surface area contributed by atoms with Crippen LogP contribution in [-0.4, -0.2) is 53.3 Å². The lowest BCUT2D eigenvalue weighted by atomic mass is 10.2. The minimum absolute atomic E-state index is 0.886. The lowest BCUT2D eigenvalue weighted by molar-refractivity contribution is 0.277. The van der Waals surface area contributed by atoms with Gasteiger partial charge in [-0.1, -0.05) is 50.1 Å². The first kappa shape index (κ1) is 19.2. The maximum absolute atomic E-state index is 4.95. The molecular weight excluding hydrogens is 340 g/mol. The molecule has 0 saturated carbocycles. The standard InChI is InChI=1S/C21H30N4S/c1-4-5-8-15-26-20-18-9-6-7-10-19(18)22-21(23-20)25-13-11-24(12-14-25)16-17(2)3/h6-7,9-10H,2,4-5,8,11-16H2,1,3H3. The van der Waals surface area contributed by atoms with Crippen LogP contribution in [0, 0.1) is 0 Å². The van der Waals surface area contributed by atoms with Crippen LogP contribution in [0.1, 0.15) is 33.1 Å². The minimum Gasteiger partial charge on any atom is -0.338 e. The number of piperazine rings is 1. The van der Waals surface area contributed by atoms with Crippen molar-refractivity contribution in [2.24, 2.45) is 0 Å². The van der Waals surface area contributed by atoms with E-state index in [0.717, 1.165) is 55.0 Å². The molecule has 1 aliphatic heterocycles. The van der Waals surface area contributed by atoms with Crippen LogP contribution in [0.25, 0.3) is 10.9 Å². The fourth-order valence-electron chi connectivity index (χ4n) is 3.30. The Bertz CT molecular complexity index is 738. The predicted octanol–water partition coefficient (Wildman–Crippen LogP) is 4.61. The lowest BCUT2D eigenvalue weighted by Gasteiger charge is -2.35. The zero-order chi connectivity index (χ0) is 18.4. The topological polar surface area (TPSA) is 32.3 Å². The largest absolute Gasteiger partial charge is 0.338 e. The van der Waals surface area contributed by atoms with Crippen molar-refractivity contribution >= 4 is 28.6 Å². The van der Waals surface area contributed by atoms with E-state index in [-0.39, 0.29) is 0 Å². The van der Waals surface area contributed by atoms with Crippen LogP contribution >= 0.6 is 11.8 Å². The molecule has 1 aliphatic rings. The van der Waals surface area contributed by atoms with Crippen molar-refractivity contribution in [2.75, 3.05) is 43.4 Å². The molecule has 5 heteroatoms. The van der Waals surface area contributed by atoms with E-state index in [4.69, 9.17) is 9.97 Å². The Labute approximate surface area is 161 Å². The first-order valence-corrected chi connectivity index (χ1v) is 10.7. The normalized spacial score (nSPS) is 15.5. The molecule has 0 radical (unpaired) electrons. The molecule has 0 aliphatic carbocycles. The van der Waals surface area contributed by atoms with E-state index in [1.54, 1.807) is 0 Å². The third kappa shape index (κ3) is 4.98. The molecule has 0 bridgehead atoms. The van der Waals surface area contributed by atoms with Gasteiger partial charge in [0.1, 0.15) is 5.03 Å². The van der Waals surface area contributed by atoms with E-state index in [0.29, 0.717) is 0 Å². The van der Waals surface area contributed by atoms with E-state index in [1.165, 1.54) is 30.2 Å². The fraction of sp³-hybridized carbons (Fsp3) is 0.524. The van der Waals surface area contributed by atoms with Crippen molar-refractivity contribution in [2.45, 2.75) is 38.1 Å². The first-order valence-electron chi connectivity index (χ1n) is 9.68. The van der Waals surface area contributed by atoms with Gasteiger partial charge in [0, 0.05) is 38.1 Å². The number of aromatic nitrogens is 2. The first-order chi connectivity index (χ1) is 12.7. The van der Waals surface area contributed by atoms with Gasteiger partial charge in [0.25, 0.3) is 0 Å². The molecule has 0 atom stereocenters. The molecule has 1 aromatic heterocycles. The number of fused-ring (bicyclic) bond motifs is 1. The molecule has 3 rings (SSSR count). The summed E-state index contributed by atoms with van der Waals surface area (Å²) in [6.45, 7) is 13.4. The molecule has 0 spiro atoms. The zero-order valence-electron chi connectivity index (χ0n) is 16.1. The Morgan fingerprint density at radius 2 is 1.88 bits per heavy atom. The SMILES string of the molecule is C=C(C)CN1CCN(c2nc(SCCCCC)c3ccccc3n2)CC1. The molecule has 0 amide bonds. The molecule has 1 fully saturated rings. The number of rotatable bonds is 8. The highest BCUT2D eigenvalue weighted by Gasteiger charge is 2.20. The molecule has 1 saturated heterocycles. The van der Waals surface area contributed by atoms with Crippen molar-refractivity contribution < 1.29 is 0 Å². The van der Waals surface area contributed by atoms with Gasteiger partial charge in [0.05, 0.1) is 5.52 Å². The summed E-state index contributed by atoms with van der Waals surface area (Å²) in [6.07, 6.45) is 3.78. The highest BCUT2D eigenvalue weighted by Crippen LogP contribution is 2.28. The highest BCUT2D eigenvalue weighted by molar-refractivity contribution is 7.99. The lowest BCUT2D eigenvalue weighted by Crippen LogP contribution is -2.47. The summed E-state index contributed by atoms with van der Waals surface area (Å²) in [5.74, 6) is 2.01. The molecule has 140 valence electrons. The third-order valence-electron chi connectivity index (χ3n) is 4.69. The van der Waals surface area contributed by atoms with E-state index in [2.05, 4.69) is 54.5 Å². The third-order valence-corrected chi connectivity index (χ3v) is 5.77. The number of hydrogen-bond donors (Lipinski definition) is 0. The van der Waals surface area contributed by atoms with Gasteiger partial charge in [-0.15, -0.1) is 11.8 Å². The summed E-state index contributed by atoms with van der Waals surface area (Å²) in [7, 11) is 0. The monoisotopic (exact) mass is 370 g/mol. The van der Waals surface area contributed by atoms with Crippen molar-refractivity contribution in [3.63, 3.8) is 0 Å². The predicted molar refractivity (Wildman–Crippen MR) is 113 cm³/mol. The number of benzene rings is 1. The molecule has 1 aromatic carbocycles. The van der Waals surface area contributed by atoms with Gasteiger partial charge in [0.15, 0.2) is 0 Å². The Hall–Kier alpha value is -1.59. The van der Waals surface area contributed by atoms with Crippen LogP contribution in [0.3, 0.4) is 0 Å². The van der Waals surface area contributed by atoms with Crippen molar-refractivity contribution in [1.29, 1.82) is 0 Å². The second kappa shape index (κ2) is 9.38. The second-order valence-electron chi connectivity index (χ2n) is 7.12. The Balaban J connectivity index is 1.75. The van der Waals surface area contributed by atoms with Crippen molar-refractivity contribution in [3.05, 3.63) is 36.4 Å². The quantitative estimate of drug-likeness (QED) is 0.293. The number of thioether (sulfide) groups is 1. The Morgan fingerprint density at radius 3 is 2.62 bits per heavy atom. The Kier molecular flexibility index (Phi) is 6.92. The summed E-state index contributed by atoms with van der Waals surface area (Å²) in [6, 6.07) is 8.40. The fourth-order valence-corrected chi connectivity index (χ4v) is 4.31. The molecule has 2 heterocycles. The maximum Gasteiger partial charge on any atom is 0.227 e. The van der Waals surface area contributed by atoms with Gasteiger partial charge in [0.2, 0.25) is 5.95 Å². The van der Waals surface area contributed by atoms with Gasteiger partial charge < -0.3 is 4.90 Å². The van der Waals surface area contributed by atoms with Gasteiger partial charge >= 0.3 is 0 Å². The van der Waals surface area contributed by atoms with E-state index in [9.17, 15) is 0 Å². The number of unbranched alkanes of at least 4 members (excludes halogenated alkanes) is 2. The summed E-state index contributed by atoms with van der Waals surface area (Å²) in [5.41, 5.74) is 2.28. The summed E-state index contributed by atoms with van der Waals surface area (Å²) >= 11 is 1.88. The summed E-state index contributed by atoms with van der Waals surface area (Å²) in [4.78, 5) is 14.6. The molecular formula is C21H30N4S. The number of nitrogens with zero attached hydrogens (tertiary/aromatic N) is 4. The number of para-hydroxylation sites is 1. The van der Waals surface area contributed by atoms with Crippen LogP contribution in [0.5, 0.6) is 0 Å². The number of anilines is 1. The molecule has 0 unspecified atom stereocenters. The molecule has 26 heavy (non-hydrogen) atoms. The van der Waals surface area contributed by atoms with Crippen molar-refractivity contribution in [3.8, 4) is 0 Å². The van der Waals surface area contributed by atoms with Crippen LogP contribution < -0.4 is 4.90 Å². The van der Waals surface area contributed by atoms with Gasteiger partial charge in [-0.25, -0.2) is 9.97 Å². The second-order valence-corrected chi connectivity index (χ2v) is 8.21. The smallest absolute Gasteiger partial charge is 0.227 e. The van der Waals surface area contributed by atoms with Crippen LogP contribution in [0.15, 0.2) is 41.4 Å². The van der Waals surface area contributed by atoms with Gasteiger partial charge in [-0.05, 0) is 25.2 Å². The van der Waals surface area contributed by atoms with Crippen LogP contribution in [-0.2, 0) is 0 Å². The maximum atomic E-state index is 4.95. The van der Waals surface area contributed by atoms with E-state index in [1.807, 2.05) is 11.8 Å². The van der Waals surface area contributed by atoms with E-state index < -0.39 is 0 Å². The average molecular weight is 371 g/mol.